The number of hydrogen-bond acceptors (Lipinski definition) is 3. The standard InChI is InChI=1S/C12H15N3O2/c13-10(14)12(6-7-12)15-11(16)17-8-9-4-2-1-3-5-9/h1-5H,6-8H2,(H3,13,14)(H,15,16). The van der Waals surface area contributed by atoms with E-state index in [1.807, 2.05) is 30.3 Å². The highest BCUT2D eigenvalue weighted by Crippen LogP contribution is 2.35. The number of alkyl carbamates (subject to hydrolysis) is 1. The monoisotopic (exact) mass is 233 g/mol. The van der Waals surface area contributed by atoms with Crippen LogP contribution in [0.15, 0.2) is 30.3 Å². The van der Waals surface area contributed by atoms with Crippen molar-refractivity contribution in [2.75, 3.05) is 0 Å². The number of carbonyl (C=O) groups is 1. The molecule has 0 heterocycles. The number of nitrogens with two attached hydrogens (primary N) is 1. The Morgan fingerprint density at radius 3 is 2.59 bits per heavy atom. The maximum atomic E-state index is 11.5. The first kappa shape index (κ1) is 11.4. The minimum atomic E-state index is -0.645. The molecular weight excluding hydrogens is 218 g/mol. The number of nitrogens with one attached hydrogen (secondary N) is 2. The highest BCUT2D eigenvalue weighted by atomic mass is 16.5. The molecule has 90 valence electrons. The van der Waals surface area contributed by atoms with Gasteiger partial charge in [-0.25, -0.2) is 4.79 Å². The molecule has 1 aliphatic carbocycles. The van der Waals surface area contributed by atoms with Crippen LogP contribution in [0.4, 0.5) is 4.79 Å². The number of amidine groups is 1. The summed E-state index contributed by atoms with van der Waals surface area (Å²) < 4.78 is 5.05. The number of rotatable bonds is 4. The van der Waals surface area contributed by atoms with Crippen molar-refractivity contribution in [1.29, 1.82) is 5.41 Å². The molecule has 1 aromatic carbocycles. The molecular formula is C12H15N3O2. The smallest absolute Gasteiger partial charge is 0.408 e. The van der Waals surface area contributed by atoms with Gasteiger partial charge in [-0.05, 0) is 18.4 Å². The van der Waals surface area contributed by atoms with Gasteiger partial charge in [0.05, 0.1) is 0 Å². The molecule has 0 aromatic heterocycles. The second-order valence-electron chi connectivity index (χ2n) is 4.18. The minimum absolute atomic E-state index is 0.00541. The lowest BCUT2D eigenvalue weighted by molar-refractivity contribution is 0.137. The Hall–Kier alpha value is -2.04. The summed E-state index contributed by atoms with van der Waals surface area (Å²) in [7, 11) is 0. The zero-order valence-electron chi connectivity index (χ0n) is 9.40. The van der Waals surface area contributed by atoms with Gasteiger partial charge in [0.2, 0.25) is 0 Å². The lowest BCUT2D eigenvalue weighted by Gasteiger charge is -2.15. The Morgan fingerprint density at radius 2 is 2.06 bits per heavy atom. The SMILES string of the molecule is N=C(N)C1(NC(=O)OCc2ccccc2)CC1. The van der Waals surface area contributed by atoms with E-state index in [1.165, 1.54) is 0 Å². The van der Waals surface area contributed by atoms with Crippen LogP contribution in [0.1, 0.15) is 18.4 Å². The first-order chi connectivity index (χ1) is 8.12. The van der Waals surface area contributed by atoms with Gasteiger partial charge in [-0.2, -0.15) is 0 Å². The summed E-state index contributed by atoms with van der Waals surface area (Å²) in [5.74, 6) is -0.00541. The van der Waals surface area contributed by atoms with Gasteiger partial charge >= 0.3 is 6.09 Å². The van der Waals surface area contributed by atoms with E-state index >= 15 is 0 Å². The largest absolute Gasteiger partial charge is 0.445 e. The van der Waals surface area contributed by atoms with Gasteiger partial charge in [0, 0.05) is 0 Å². The van der Waals surface area contributed by atoms with E-state index in [0.29, 0.717) is 12.8 Å². The molecule has 0 bridgehead atoms. The summed E-state index contributed by atoms with van der Waals surface area (Å²) in [4.78, 5) is 11.5. The van der Waals surface area contributed by atoms with Crippen LogP contribution in [0.5, 0.6) is 0 Å². The molecule has 1 aromatic rings. The van der Waals surface area contributed by atoms with Gasteiger partial charge < -0.3 is 15.8 Å². The van der Waals surface area contributed by atoms with E-state index in [0.717, 1.165) is 5.56 Å². The maximum Gasteiger partial charge on any atom is 0.408 e. The number of ether oxygens (including phenoxy) is 1. The predicted octanol–water partition coefficient (Wildman–Crippen LogP) is 1.38. The Kier molecular flexibility index (Phi) is 2.99. The van der Waals surface area contributed by atoms with Crippen molar-refractivity contribution in [3.63, 3.8) is 0 Å². The topological polar surface area (TPSA) is 88.2 Å². The minimum Gasteiger partial charge on any atom is -0.445 e. The number of hydrogen-bond donors (Lipinski definition) is 3. The summed E-state index contributed by atoms with van der Waals surface area (Å²) in [5, 5.41) is 9.98. The molecule has 0 spiro atoms. The van der Waals surface area contributed by atoms with Crippen LogP contribution < -0.4 is 11.1 Å². The molecule has 5 nitrogen and oxygen atoms in total. The van der Waals surface area contributed by atoms with Crippen molar-refractivity contribution in [3.05, 3.63) is 35.9 Å². The highest BCUT2D eigenvalue weighted by molar-refractivity contribution is 5.93. The molecule has 0 saturated heterocycles. The normalized spacial score (nSPS) is 16.0. The second kappa shape index (κ2) is 4.45. The van der Waals surface area contributed by atoms with Gasteiger partial charge in [-0.15, -0.1) is 0 Å². The number of amides is 1. The summed E-state index contributed by atoms with van der Waals surface area (Å²) in [5.41, 5.74) is 5.68. The average Bonchev–Trinajstić information content (AvgIpc) is 3.09. The third-order valence-corrected chi connectivity index (χ3v) is 2.82. The predicted molar refractivity (Wildman–Crippen MR) is 63.6 cm³/mol. The molecule has 1 aliphatic rings. The zero-order valence-corrected chi connectivity index (χ0v) is 9.40. The van der Waals surface area contributed by atoms with Crippen molar-refractivity contribution in [2.45, 2.75) is 25.0 Å². The molecule has 1 amide bonds. The van der Waals surface area contributed by atoms with Gasteiger partial charge in [-0.1, -0.05) is 30.3 Å². The third-order valence-electron chi connectivity index (χ3n) is 2.82. The molecule has 0 radical (unpaired) electrons. The Bertz CT molecular complexity index is 427. The first-order valence-corrected chi connectivity index (χ1v) is 5.46. The van der Waals surface area contributed by atoms with Crippen molar-refractivity contribution < 1.29 is 9.53 Å². The Morgan fingerprint density at radius 1 is 1.41 bits per heavy atom. The Balaban J connectivity index is 1.81. The van der Waals surface area contributed by atoms with Gasteiger partial charge in [0.1, 0.15) is 18.0 Å². The van der Waals surface area contributed by atoms with Crippen molar-refractivity contribution >= 4 is 11.9 Å². The van der Waals surface area contributed by atoms with Crippen LogP contribution in [0, 0.1) is 5.41 Å². The summed E-state index contributed by atoms with van der Waals surface area (Å²) in [6.45, 7) is 0.223. The van der Waals surface area contributed by atoms with Crippen LogP contribution in [0.2, 0.25) is 0 Å². The van der Waals surface area contributed by atoms with Gasteiger partial charge in [0.25, 0.3) is 0 Å². The van der Waals surface area contributed by atoms with E-state index in [-0.39, 0.29) is 12.4 Å². The van der Waals surface area contributed by atoms with Crippen molar-refractivity contribution in [3.8, 4) is 0 Å². The fourth-order valence-corrected chi connectivity index (χ4v) is 1.54. The molecule has 1 saturated carbocycles. The maximum absolute atomic E-state index is 11.5. The quantitative estimate of drug-likeness (QED) is 0.542. The molecule has 5 heteroatoms. The summed E-state index contributed by atoms with van der Waals surface area (Å²) >= 11 is 0. The van der Waals surface area contributed by atoms with Crippen LogP contribution >= 0.6 is 0 Å². The van der Waals surface area contributed by atoms with Gasteiger partial charge in [-0.3, -0.25) is 5.41 Å². The van der Waals surface area contributed by atoms with E-state index in [4.69, 9.17) is 15.9 Å². The average molecular weight is 233 g/mol. The van der Waals surface area contributed by atoms with E-state index in [2.05, 4.69) is 5.32 Å². The van der Waals surface area contributed by atoms with Gasteiger partial charge in [0.15, 0.2) is 0 Å². The summed E-state index contributed by atoms with van der Waals surface area (Å²) in [6, 6.07) is 9.43. The van der Waals surface area contributed by atoms with E-state index in [1.54, 1.807) is 0 Å². The second-order valence-corrected chi connectivity index (χ2v) is 4.18. The van der Waals surface area contributed by atoms with Crippen molar-refractivity contribution in [1.82, 2.24) is 5.32 Å². The lowest BCUT2D eigenvalue weighted by atomic mass is 10.2. The van der Waals surface area contributed by atoms with Crippen molar-refractivity contribution in [2.24, 2.45) is 5.73 Å². The van der Waals surface area contributed by atoms with Crippen LogP contribution in [-0.4, -0.2) is 17.5 Å². The van der Waals surface area contributed by atoms with Crippen LogP contribution in [0.3, 0.4) is 0 Å². The fraction of sp³-hybridized carbons (Fsp3) is 0.333. The molecule has 0 aliphatic heterocycles. The molecule has 0 unspecified atom stereocenters. The van der Waals surface area contributed by atoms with E-state index in [9.17, 15) is 4.79 Å². The molecule has 4 N–H and O–H groups in total. The number of benzene rings is 1. The third kappa shape index (κ3) is 2.75. The zero-order chi connectivity index (χ0) is 12.3. The first-order valence-electron chi connectivity index (χ1n) is 5.46. The van der Waals surface area contributed by atoms with Crippen LogP contribution in [0.25, 0.3) is 0 Å². The van der Waals surface area contributed by atoms with Crippen LogP contribution in [-0.2, 0) is 11.3 Å². The Labute approximate surface area is 99.5 Å². The summed E-state index contributed by atoms with van der Waals surface area (Å²) in [6.07, 6.45) is 0.896. The molecule has 17 heavy (non-hydrogen) atoms. The number of carbonyl (C=O) groups excluding carboxylic acids is 1. The van der Waals surface area contributed by atoms with E-state index < -0.39 is 11.6 Å². The molecule has 1 fully saturated rings. The lowest BCUT2D eigenvalue weighted by Crippen LogP contribution is -2.46. The fourth-order valence-electron chi connectivity index (χ4n) is 1.54. The molecule has 0 atom stereocenters. The molecule has 2 rings (SSSR count). The highest BCUT2D eigenvalue weighted by Gasteiger charge is 2.47.